The highest BCUT2D eigenvalue weighted by Crippen LogP contribution is 2.25. The number of hydrogen-bond donors (Lipinski definition) is 0. The summed E-state index contributed by atoms with van der Waals surface area (Å²) in [5, 5.41) is 1.85. The molecule has 2 saturated heterocycles. The van der Waals surface area contributed by atoms with Crippen molar-refractivity contribution in [3.8, 4) is 0 Å². The van der Waals surface area contributed by atoms with Gasteiger partial charge < -0.3 is 4.90 Å². The molecule has 0 spiro atoms. The molecule has 0 aromatic heterocycles. The second-order valence-corrected chi connectivity index (χ2v) is 12.1. The zero-order chi connectivity index (χ0) is 22.2. The Hall–Kier alpha value is -2.01. The number of rotatable bonds is 4. The van der Waals surface area contributed by atoms with E-state index in [0.717, 1.165) is 17.0 Å². The predicted octanol–water partition coefficient (Wildman–Crippen LogP) is 1.34. The van der Waals surface area contributed by atoms with Gasteiger partial charge in [-0.2, -0.15) is 4.31 Å². The fraction of sp³-hybridized carbons (Fsp3) is 0.476. The summed E-state index contributed by atoms with van der Waals surface area (Å²) in [4.78, 5) is 14.9. The number of sulfonamides is 2. The van der Waals surface area contributed by atoms with Crippen molar-refractivity contribution in [3.63, 3.8) is 0 Å². The van der Waals surface area contributed by atoms with Crippen molar-refractivity contribution in [1.82, 2.24) is 13.5 Å². The number of nitrogens with zero attached hydrogens (tertiary/aromatic N) is 3. The standard InChI is InChI=1S/C21H27N3O5S2/c1-30(26,27)24-10-4-7-19(16-24)21(25)22-11-13-23(14-12-22)31(28,29)20-9-8-17-5-2-3-6-18(17)15-20/h2-3,5-6,8-9,15,19H,4,7,10-14,16H2,1H3. The van der Waals surface area contributed by atoms with Crippen LogP contribution >= 0.6 is 0 Å². The molecule has 2 aliphatic heterocycles. The van der Waals surface area contributed by atoms with Gasteiger partial charge in [-0.1, -0.05) is 30.3 Å². The van der Waals surface area contributed by atoms with Crippen molar-refractivity contribution in [3.05, 3.63) is 42.5 Å². The molecule has 0 saturated carbocycles. The molecule has 1 amide bonds. The molecule has 168 valence electrons. The molecule has 2 aliphatic rings. The molecule has 8 nitrogen and oxygen atoms in total. The van der Waals surface area contributed by atoms with E-state index < -0.39 is 20.0 Å². The molecule has 2 aromatic rings. The highest BCUT2D eigenvalue weighted by Gasteiger charge is 2.35. The zero-order valence-electron chi connectivity index (χ0n) is 17.5. The number of piperidine rings is 1. The first-order valence-electron chi connectivity index (χ1n) is 10.4. The molecule has 0 aliphatic carbocycles. The number of fused-ring (bicyclic) bond motifs is 1. The van der Waals surface area contributed by atoms with Gasteiger partial charge in [-0.15, -0.1) is 0 Å². The van der Waals surface area contributed by atoms with Crippen molar-refractivity contribution in [1.29, 1.82) is 0 Å². The van der Waals surface area contributed by atoms with Crippen LogP contribution in [0.4, 0.5) is 0 Å². The van der Waals surface area contributed by atoms with Crippen LogP contribution in [0, 0.1) is 5.92 Å². The molecule has 1 atom stereocenters. The summed E-state index contributed by atoms with van der Waals surface area (Å²) in [5.41, 5.74) is 0. The van der Waals surface area contributed by atoms with Gasteiger partial charge in [0.25, 0.3) is 0 Å². The monoisotopic (exact) mass is 465 g/mol. The molecule has 2 heterocycles. The molecule has 0 N–H and O–H groups in total. The zero-order valence-corrected chi connectivity index (χ0v) is 19.1. The van der Waals surface area contributed by atoms with Crippen LogP contribution in [-0.4, -0.2) is 81.8 Å². The normalized spacial score (nSPS) is 22.0. The molecular formula is C21H27N3O5S2. The number of amides is 1. The van der Waals surface area contributed by atoms with Crippen LogP contribution in [0.15, 0.2) is 47.4 Å². The Labute approximate surface area is 183 Å². The molecule has 4 rings (SSSR count). The second kappa shape index (κ2) is 8.50. The first-order valence-corrected chi connectivity index (χ1v) is 13.7. The third kappa shape index (κ3) is 4.62. The van der Waals surface area contributed by atoms with Crippen molar-refractivity contribution < 1.29 is 21.6 Å². The fourth-order valence-corrected chi connectivity index (χ4v) is 6.70. The minimum Gasteiger partial charge on any atom is -0.340 e. The average Bonchev–Trinajstić information content (AvgIpc) is 2.78. The lowest BCUT2D eigenvalue weighted by atomic mass is 9.98. The molecule has 2 aromatic carbocycles. The van der Waals surface area contributed by atoms with Crippen molar-refractivity contribution >= 4 is 36.7 Å². The van der Waals surface area contributed by atoms with E-state index in [-0.39, 0.29) is 36.4 Å². The van der Waals surface area contributed by atoms with E-state index in [4.69, 9.17) is 0 Å². The maximum absolute atomic E-state index is 13.1. The van der Waals surface area contributed by atoms with Crippen LogP contribution in [-0.2, 0) is 24.8 Å². The van der Waals surface area contributed by atoms with Crippen molar-refractivity contribution in [2.24, 2.45) is 5.92 Å². The Morgan fingerprint density at radius 1 is 0.871 bits per heavy atom. The van der Waals surface area contributed by atoms with E-state index in [1.165, 1.54) is 8.61 Å². The molecule has 2 fully saturated rings. The first-order chi connectivity index (χ1) is 14.7. The minimum absolute atomic E-state index is 0.0869. The maximum Gasteiger partial charge on any atom is 0.243 e. The predicted molar refractivity (Wildman–Crippen MR) is 118 cm³/mol. The van der Waals surface area contributed by atoms with Crippen LogP contribution in [0.1, 0.15) is 12.8 Å². The first kappa shape index (κ1) is 22.2. The van der Waals surface area contributed by atoms with Crippen molar-refractivity contribution in [2.45, 2.75) is 17.7 Å². The molecule has 31 heavy (non-hydrogen) atoms. The summed E-state index contributed by atoms with van der Waals surface area (Å²) in [6.45, 7) is 1.71. The van der Waals surface area contributed by atoms with Crippen LogP contribution in [0.3, 0.4) is 0 Å². The van der Waals surface area contributed by atoms with Gasteiger partial charge in [-0.3, -0.25) is 4.79 Å². The van der Waals surface area contributed by atoms with Gasteiger partial charge in [0.2, 0.25) is 26.0 Å². The molecule has 0 radical (unpaired) electrons. The SMILES string of the molecule is CS(=O)(=O)N1CCCC(C(=O)N2CCN(S(=O)(=O)c3ccc4ccccc4c3)CC2)C1. The third-order valence-corrected chi connectivity index (χ3v) is 9.28. The lowest BCUT2D eigenvalue weighted by molar-refractivity contribution is -0.137. The largest absolute Gasteiger partial charge is 0.340 e. The summed E-state index contributed by atoms with van der Waals surface area (Å²) >= 11 is 0. The Morgan fingerprint density at radius 2 is 1.55 bits per heavy atom. The summed E-state index contributed by atoms with van der Waals surface area (Å²) in [6.07, 6.45) is 2.47. The molecule has 1 unspecified atom stereocenters. The van der Waals surface area contributed by atoms with Gasteiger partial charge >= 0.3 is 0 Å². The summed E-state index contributed by atoms with van der Waals surface area (Å²) < 4.78 is 52.7. The van der Waals surface area contributed by atoms with E-state index in [1.807, 2.05) is 24.3 Å². The second-order valence-electron chi connectivity index (χ2n) is 8.20. The lowest BCUT2D eigenvalue weighted by Crippen LogP contribution is -2.53. The Morgan fingerprint density at radius 3 is 2.23 bits per heavy atom. The maximum atomic E-state index is 13.1. The Kier molecular flexibility index (Phi) is 6.08. The number of benzene rings is 2. The van der Waals surface area contributed by atoms with Crippen LogP contribution in [0.25, 0.3) is 10.8 Å². The Balaban J connectivity index is 1.42. The highest BCUT2D eigenvalue weighted by molar-refractivity contribution is 7.89. The van der Waals surface area contributed by atoms with Gasteiger partial charge in [0.05, 0.1) is 17.1 Å². The molecule has 0 bridgehead atoms. The van der Waals surface area contributed by atoms with E-state index in [2.05, 4.69) is 0 Å². The van der Waals surface area contributed by atoms with Gasteiger partial charge in [-0.05, 0) is 35.7 Å². The smallest absolute Gasteiger partial charge is 0.243 e. The number of carbonyl (C=O) groups is 1. The fourth-order valence-electron chi connectivity index (χ4n) is 4.33. The summed E-state index contributed by atoms with van der Waals surface area (Å²) in [7, 11) is -6.97. The van der Waals surface area contributed by atoms with Crippen LogP contribution in [0.5, 0.6) is 0 Å². The molecular weight excluding hydrogens is 438 g/mol. The van der Waals surface area contributed by atoms with Gasteiger partial charge in [0.1, 0.15) is 0 Å². The number of carbonyl (C=O) groups excluding carboxylic acids is 1. The quantitative estimate of drug-likeness (QED) is 0.679. The number of hydrogen-bond acceptors (Lipinski definition) is 5. The van der Waals surface area contributed by atoms with E-state index >= 15 is 0 Å². The van der Waals surface area contributed by atoms with Gasteiger partial charge in [0.15, 0.2) is 0 Å². The van der Waals surface area contributed by atoms with E-state index in [0.29, 0.717) is 32.5 Å². The Bertz CT molecular complexity index is 1190. The van der Waals surface area contributed by atoms with Crippen molar-refractivity contribution in [2.75, 3.05) is 45.5 Å². The third-order valence-electron chi connectivity index (χ3n) is 6.11. The summed E-state index contributed by atoms with van der Waals surface area (Å²) in [6, 6.07) is 12.7. The van der Waals surface area contributed by atoms with E-state index in [1.54, 1.807) is 23.1 Å². The average molecular weight is 466 g/mol. The van der Waals surface area contributed by atoms with Crippen LogP contribution in [0.2, 0.25) is 0 Å². The lowest BCUT2D eigenvalue weighted by Gasteiger charge is -2.38. The van der Waals surface area contributed by atoms with E-state index in [9.17, 15) is 21.6 Å². The highest BCUT2D eigenvalue weighted by atomic mass is 32.2. The van der Waals surface area contributed by atoms with Crippen LogP contribution < -0.4 is 0 Å². The minimum atomic E-state index is -3.65. The van der Waals surface area contributed by atoms with Gasteiger partial charge in [0, 0.05) is 39.3 Å². The number of piperazine rings is 1. The summed E-state index contributed by atoms with van der Waals surface area (Å²) in [5.74, 6) is -0.455. The molecule has 10 heteroatoms. The van der Waals surface area contributed by atoms with Gasteiger partial charge in [-0.25, -0.2) is 21.1 Å². The topological polar surface area (TPSA) is 95.1 Å².